The van der Waals surface area contributed by atoms with Crippen molar-refractivity contribution in [1.29, 1.82) is 0 Å². The van der Waals surface area contributed by atoms with E-state index in [0.29, 0.717) is 13.1 Å². The molecule has 0 bridgehead atoms. The first-order valence-corrected chi connectivity index (χ1v) is 6.97. The number of hydrogen-bond acceptors (Lipinski definition) is 3. The Morgan fingerprint density at radius 1 is 1.29 bits per heavy atom. The fraction of sp³-hybridized carbons (Fsp3) is 0.250. The first-order chi connectivity index (χ1) is 10.2. The van der Waals surface area contributed by atoms with Crippen molar-refractivity contribution < 1.29 is 4.79 Å². The topological polar surface area (TPSA) is 65.2 Å². The van der Waals surface area contributed by atoms with Crippen LogP contribution in [0.5, 0.6) is 0 Å². The highest BCUT2D eigenvalue weighted by Crippen LogP contribution is 2.24. The maximum absolute atomic E-state index is 12.8. The van der Waals surface area contributed by atoms with Crippen LogP contribution in [0.1, 0.15) is 22.8 Å². The summed E-state index contributed by atoms with van der Waals surface area (Å²) in [5.74, 6) is -0.264. The summed E-state index contributed by atoms with van der Waals surface area (Å²) in [6.07, 6.45) is 3.00. The second kappa shape index (κ2) is 5.54. The molecule has 5 nitrogen and oxygen atoms in total. The molecule has 0 radical (unpaired) electrons. The van der Waals surface area contributed by atoms with Gasteiger partial charge in [-0.1, -0.05) is 18.2 Å². The van der Waals surface area contributed by atoms with Crippen LogP contribution < -0.4 is 15.6 Å². The Kier molecular flexibility index (Phi) is 3.58. The Morgan fingerprint density at radius 3 is 2.90 bits per heavy atom. The molecule has 1 amide bonds. The van der Waals surface area contributed by atoms with Gasteiger partial charge in [0.05, 0.1) is 0 Å². The molecule has 1 aliphatic rings. The van der Waals surface area contributed by atoms with E-state index in [0.717, 1.165) is 11.3 Å². The Bertz CT molecular complexity index is 723. The Hall–Kier alpha value is -2.40. The van der Waals surface area contributed by atoms with Crippen molar-refractivity contribution >= 4 is 11.6 Å². The predicted molar refractivity (Wildman–Crippen MR) is 81.5 cm³/mol. The van der Waals surface area contributed by atoms with E-state index in [1.807, 2.05) is 31.2 Å². The lowest BCUT2D eigenvalue weighted by Gasteiger charge is -2.24. The number of pyridine rings is 1. The summed E-state index contributed by atoms with van der Waals surface area (Å²) >= 11 is 0. The van der Waals surface area contributed by atoms with Crippen LogP contribution in [-0.4, -0.2) is 23.5 Å². The van der Waals surface area contributed by atoms with Gasteiger partial charge in [-0.2, -0.15) is 0 Å². The number of hydrogen-bond donors (Lipinski definition) is 2. The number of carbonyl (C=O) groups excluding carboxylic acids is 1. The molecule has 2 aromatic rings. The highest BCUT2D eigenvalue weighted by molar-refractivity contribution is 6.06. The lowest BCUT2D eigenvalue weighted by atomic mass is 10.1. The molecule has 0 saturated carbocycles. The van der Waals surface area contributed by atoms with E-state index < -0.39 is 0 Å². The molecule has 1 atom stereocenters. The molecular formula is C16H17N3O2. The fourth-order valence-corrected chi connectivity index (χ4v) is 2.57. The number of anilines is 1. The molecule has 3 rings (SSSR count). The van der Waals surface area contributed by atoms with Gasteiger partial charge in [-0.15, -0.1) is 0 Å². The van der Waals surface area contributed by atoms with E-state index in [1.54, 1.807) is 4.90 Å². The zero-order chi connectivity index (χ0) is 14.8. The van der Waals surface area contributed by atoms with Crippen molar-refractivity contribution in [3.8, 4) is 0 Å². The Labute approximate surface area is 122 Å². The maximum atomic E-state index is 12.8. The second-order valence-electron chi connectivity index (χ2n) is 5.25. The average molecular weight is 283 g/mol. The fourth-order valence-electron chi connectivity index (χ4n) is 2.57. The largest absolute Gasteiger partial charge is 0.367 e. The van der Waals surface area contributed by atoms with Crippen LogP contribution in [0, 0.1) is 0 Å². The number of fused-ring (bicyclic) bond motifs is 1. The normalized spacial score (nSPS) is 18.0. The smallest absolute Gasteiger partial charge is 0.263 e. The molecule has 0 spiro atoms. The van der Waals surface area contributed by atoms with Crippen LogP contribution in [0.3, 0.4) is 0 Å². The van der Waals surface area contributed by atoms with Crippen molar-refractivity contribution in [3.05, 3.63) is 64.1 Å². The van der Waals surface area contributed by atoms with Crippen LogP contribution >= 0.6 is 0 Å². The number of aromatic nitrogens is 1. The molecule has 2 N–H and O–H groups in total. The highest BCUT2D eigenvalue weighted by atomic mass is 16.2. The minimum absolute atomic E-state index is 0.157. The summed E-state index contributed by atoms with van der Waals surface area (Å²) < 4.78 is 0. The van der Waals surface area contributed by atoms with Gasteiger partial charge in [-0.3, -0.25) is 9.59 Å². The summed E-state index contributed by atoms with van der Waals surface area (Å²) in [6.45, 7) is 3.28. The number of aromatic amines is 1. The molecule has 2 heterocycles. The number of carbonyl (C=O) groups is 1. The molecule has 21 heavy (non-hydrogen) atoms. The number of amides is 1. The molecule has 108 valence electrons. The van der Waals surface area contributed by atoms with Crippen molar-refractivity contribution in [2.45, 2.75) is 19.5 Å². The lowest BCUT2D eigenvalue weighted by molar-refractivity contribution is 0.0984. The molecular weight excluding hydrogens is 266 g/mol. The van der Waals surface area contributed by atoms with Gasteiger partial charge >= 0.3 is 0 Å². The molecule has 1 aromatic heterocycles. The molecule has 0 saturated heterocycles. The minimum Gasteiger partial charge on any atom is -0.367 e. The predicted octanol–water partition coefficient (Wildman–Crippen LogP) is 1.51. The third kappa shape index (κ3) is 2.60. The highest BCUT2D eigenvalue weighted by Gasteiger charge is 2.26. The van der Waals surface area contributed by atoms with Crippen LogP contribution in [0.15, 0.2) is 47.5 Å². The van der Waals surface area contributed by atoms with E-state index in [9.17, 15) is 9.59 Å². The van der Waals surface area contributed by atoms with Gasteiger partial charge in [0.25, 0.3) is 5.91 Å². The number of para-hydroxylation sites is 1. The number of benzene rings is 1. The van der Waals surface area contributed by atoms with Crippen molar-refractivity contribution in [2.24, 2.45) is 0 Å². The molecule has 0 fully saturated rings. The summed E-state index contributed by atoms with van der Waals surface area (Å²) in [5, 5.41) is 3.37. The van der Waals surface area contributed by atoms with Crippen LogP contribution in [0.25, 0.3) is 0 Å². The molecule has 1 unspecified atom stereocenters. The van der Waals surface area contributed by atoms with Gasteiger partial charge in [-0.25, -0.2) is 0 Å². The van der Waals surface area contributed by atoms with Gasteiger partial charge < -0.3 is 15.2 Å². The Morgan fingerprint density at radius 2 is 2.10 bits per heavy atom. The first-order valence-electron chi connectivity index (χ1n) is 6.97. The number of nitrogens with one attached hydrogen (secondary N) is 2. The Balaban J connectivity index is 2.06. The SMILES string of the molecule is CC1CN(C(=O)c2c[nH]ccc2=O)c2ccccc2CN1. The third-order valence-corrected chi connectivity index (χ3v) is 3.68. The zero-order valence-electron chi connectivity index (χ0n) is 11.8. The standard InChI is InChI=1S/C16H17N3O2/c1-11-10-19(14-5-3-2-4-12(14)8-18-11)16(21)13-9-17-7-6-15(13)20/h2-7,9,11,18H,8,10H2,1H3,(H,17,20). The van der Waals surface area contributed by atoms with Gasteiger partial charge in [0.1, 0.15) is 5.56 Å². The number of nitrogens with zero attached hydrogens (tertiary/aromatic N) is 1. The van der Waals surface area contributed by atoms with Gasteiger partial charge in [0, 0.05) is 43.3 Å². The third-order valence-electron chi connectivity index (χ3n) is 3.68. The molecule has 1 aromatic carbocycles. The van der Waals surface area contributed by atoms with E-state index in [4.69, 9.17) is 0 Å². The van der Waals surface area contributed by atoms with Crippen LogP contribution in [0.2, 0.25) is 0 Å². The van der Waals surface area contributed by atoms with Crippen LogP contribution in [-0.2, 0) is 6.54 Å². The van der Waals surface area contributed by atoms with Gasteiger partial charge in [0.15, 0.2) is 5.43 Å². The van der Waals surface area contributed by atoms with Crippen molar-refractivity contribution in [3.63, 3.8) is 0 Å². The average Bonchev–Trinajstić information content (AvgIpc) is 2.67. The quantitative estimate of drug-likeness (QED) is 0.834. The summed E-state index contributed by atoms with van der Waals surface area (Å²) in [4.78, 5) is 29.2. The zero-order valence-corrected chi connectivity index (χ0v) is 11.8. The summed E-state index contributed by atoms with van der Waals surface area (Å²) in [5.41, 5.74) is 1.83. The van der Waals surface area contributed by atoms with E-state index in [-0.39, 0.29) is 22.9 Å². The van der Waals surface area contributed by atoms with Gasteiger partial charge in [-0.05, 0) is 18.6 Å². The lowest BCUT2D eigenvalue weighted by Crippen LogP contribution is -2.41. The molecule has 1 aliphatic heterocycles. The van der Waals surface area contributed by atoms with Crippen LogP contribution in [0.4, 0.5) is 5.69 Å². The van der Waals surface area contributed by atoms with E-state index >= 15 is 0 Å². The number of rotatable bonds is 1. The summed E-state index contributed by atoms with van der Waals surface area (Å²) in [7, 11) is 0. The monoisotopic (exact) mass is 283 g/mol. The molecule has 5 heteroatoms. The minimum atomic E-state index is -0.264. The van der Waals surface area contributed by atoms with E-state index in [2.05, 4.69) is 10.3 Å². The molecule has 0 aliphatic carbocycles. The summed E-state index contributed by atoms with van der Waals surface area (Å²) in [6, 6.07) is 9.31. The maximum Gasteiger partial charge on any atom is 0.263 e. The van der Waals surface area contributed by atoms with E-state index in [1.165, 1.54) is 18.5 Å². The first kappa shape index (κ1) is 13.6. The van der Waals surface area contributed by atoms with Crippen molar-refractivity contribution in [2.75, 3.05) is 11.4 Å². The second-order valence-corrected chi connectivity index (χ2v) is 5.25. The van der Waals surface area contributed by atoms with Crippen molar-refractivity contribution in [1.82, 2.24) is 10.3 Å². The number of H-pyrrole nitrogens is 1. The van der Waals surface area contributed by atoms with Gasteiger partial charge in [0.2, 0.25) is 0 Å².